The van der Waals surface area contributed by atoms with Gasteiger partial charge in [0.25, 0.3) is 5.91 Å². The standard InChI is InChI=1S/C26H28Cl2N8O4S/c1-14-10-18(29-4-5-36-6-8-40-9-7-36)33-26(32-14)35-24-23-21(30-13-31-24)15(12-41-23)25(37)34-22-19(27)16(38-2)11-17(39-3)20(22)28/h10-13H,4-9H2,1-3H3,(H,34,37)(H2,29,30,31,32,33,35). The summed E-state index contributed by atoms with van der Waals surface area (Å²) >= 11 is 14.2. The summed E-state index contributed by atoms with van der Waals surface area (Å²) in [6, 6.07) is 3.43. The minimum atomic E-state index is -0.460. The molecule has 0 spiro atoms. The lowest BCUT2D eigenvalue weighted by atomic mass is 10.2. The van der Waals surface area contributed by atoms with Crippen molar-refractivity contribution in [1.82, 2.24) is 24.8 Å². The first-order valence-electron chi connectivity index (χ1n) is 12.7. The fraction of sp³-hybridized carbons (Fsp3) is 0.346. The normalized spacial score (nSPS) is 13.7. The first kappa shape index (κ1) is 29.0. The molecule has 1 aliphatic heterocycles. The number of methoxy groups -OCH3 is 2. The number of benzene rings is 1. The molecule has 0 unspecified atom stereocenters. The molecule has 3 aromatic heterocycles. The average molecular weight is 620 g/mol. The third kappa shape index (κ3) is 6.54. The molecule has 1 saturated heterocycles. The number of hydrogen-bond donors (Lipinski definition) is 3. The Morgan fingerprint density at radius 2 is 1.83 bits per heavy atom. The molecule has 41 heavy (non-hydrogen) atoms. The quantitative estimate of drug-likeness (QED) is 0.225. The van der Waals surface area contributed by atoms with Crippen molar-refractivity contribution in [3.05, 3.63) is 45.1 Å². The van der Waals surface area contributed by atoms with Crippen molar-refractivity contribution in [2.45, 2.75) is 6.92 Å². The van der Waals surface area contributed by atoms with Crippen LogP contribution in [0.3, 0.4) is 0 Å². The number of fused-ring (bicyclic) bond motifs is 1. The topological polar surface area (TPSA) is 136 Å². The van der Waals surface area contributed by atoms with E-state index in [1.54, 1.807) is 11.4 Å². The molecule has 12 nitrogen and oxygen atoms in total. The third-order valence-corrected chi connectivity index (χ3v) is 8.06. The second-order valence-electron chi connectivity index (χ2n) is 9.01. The number of thiophene rings is 1. The Morgan fingerprint density at radius 3 is 2.54 bits per heavy atom. The Hall–Kier alpha value is -3.49. The van der Waals surface area contributed by atoms with Gasteiger partial charge in [-0.05, 0) is 6.92 Å². The average Bonchev–Trinajstić information content (AvgIpc) is 3.41. The predicted octanol–water partition coefficient (Wildman–Crippen LogP) is 4.85. The number of carbonyl (C=O) groups is 1. The van der Waals surface area contributed by atoms with Crippen LogP contribution in [0.25, 0.3) is 10.2 Å². The van der Waals surface area contributed by atoms with Crippen molar-refractivity contribution in [2.75, 3.05) is 69.6 Å². The number of anilines is 4. The number of aryl methyl sites for hydroxylation is 1. The van der Waals surface area contributed by atoms with Crippen molar-refractivity contribution in [2.24, 2.45) is 0 Å². The molecule has 4 aromatic rings. The second-order valence-corrected chi connectivity index (χ2v) is 10.6. The van der Waals surface area contributed by atoms with Gasteiger partial charge in [-0.25, -0.2) is 15.0 Å². The Morgan fingerprint density at radius 1 is 1.10 bits per heavy atom. The number of aromatic nitrogens is 4. The van der Waals surface area contributed by atoms with Crippen LogP contribution in [-0.2, 0) is 4.74 Å². The monoisotopic (exact) mass is 618 g/mol. The molecule has 0 atom stereocenters. The Labute approximate surface area is 250 Å². The van der Waals surface area contributed by atoms with Crippen molar-refractivity contribution in [3.63, 3.8) is 0 Å². The van der Waals surface area contributed by atoms with Gasteiger partial charge in [0.05, 0.1) is 48.9 Å². The maximum Gasteiger partial charge on any atom is 0.258 e. The first-order valence-corrected chi connectivity index (χ1v) is 14.3. The van der Waals surface area contributed by atoms with E-state index in [-0.39, 0.29) is 15.7 Å². The van der Waals surface area contributed by atoms with E-state index in [0.29, 0.717) is 44.9 Å². The minimum absolute atomic E-state index is 0.147. The maximum atomic E-state index is 13.3. The number of amides is 1. The molecule has 0 bridgehead atoms. The number of hydrogen-bond acceptors (Lipinski definition) is 12. The summed E-state index contributed by atoms with van der Waals surface area (Å²) in [4.78, 5) is 33.5. The molecule has 1 aliphatic rings. The van der Waals surface area contributed by atoms with Gasteiger partial charge >= 0.3 is 0 Å². The van der Waals surface area contributed by atoms with E-state index in [9.17, 15) is 4.79 Å². The Balaban J connectivity index is 1.34. The molecule has 1 aromatic carbocycles. The zero-order valence-electron chi connectivity index (χ0n) is 22.6. The molecule has 5 rings (SSSR count). The number of nitrogens with zero attached hydrogens (tertiary/aromatic N) is 5. The van der Waals surface area contributed by atoms with E-state index in [4.69, 9.17) is 37.4 Å². The van der Waals surface area contributed by atoms with Gasteiger partial charge in [0.15, 0.2) is 5.82 Å². The van der Waals surface area contributed by atoms with Crippen molar-refractivity contribution in [3.8, 4) is 11.5 Å². The number of carbonyl (C=O) groups excluding carboxylic acids is 1. The fourth-order valence-electron chi connectivity index (χ4n) is 4.26. The van der Waals surface area contributed by atoms with Gasteiger partial charge in [0, 0.05) is 49.4 Å². The zero-order chi connectivity index (χ0) is 28.9. The van der Waals surface area contributed by atoms with Gasteiger partial charge in [-0.3, -0.25) is 9.69 Å². The van der Waals surface area contributed by atoms with Crippen LogP contribution in [0.4, 0.5) is 23.3 Å². The highest BCUT2D eigenvalue weighted by Crippen LogP contribution is 2.44. The molecule has 1 amide bonds. The second kappa shape index (κ2) is 13.0. The van der Waals surface area contributed by atoms with Gasteiger partial charge in [-0.2, -0.15) is 4.98 Å². The van der Waals surface area contributed by atoms with Crippen LogP contribution in [0, 0.1) is 6.92 Å². The molecule has 3 N–H and O–H groups in total. The number of morpholine rings is 1. The lowest BCUT2D eigenvalue weighted by molar-refractivity contribution is 0.0398. The molecule has 1 fully saturated rings. The highest BCUT2D eigenvalue weighted by atomic mass is 35.5. The molecular weight excluding hydrogens is 591 g/mol. The van der Waals surface area contributed by atoms with Crippen LogP contribution in [-0.4, -0.2) is 84.4 Å². The maximum absolute atomic E-state index is 13.3. The van der Waals surface area contributed by atoms with Crippen LogP contribution in [0.5, 0.6) is 11.5 Å². The van der Waals surface area contributed by atoms with Crippen LogP contribution in [0.1, 0.15) is 16.1 Å². The smallest absolute Gasteiger partial charge is 0.258 e. The van der Waals surface area contributed by atoms with Crippen LogP contribution < -0.4 is 25.4 Å². The van der Waals surface area contributed by atoms with E-state index in [0.717, 1.165) is 45.1 Å². The summed E-state index contributed by atoms with van der Waals surface area (Å²) in [6.07, 6.45) is 1.37. The minimum Gasteiger partial charge on any atom is -0.495 e. The van der Waals surface area contributed by atoms with Crippen molar-refractivity contribution < 1.29 is 19.0 Å². The summed E-state index contributed by atoms with van der Waals surface area (Å²) in [5.41, 5.74) is 1.72. The number of ether oxygens (including phenoxy) is 3. The van der Waals surface area contributed by atoms with E-state index in [2.05, 4.69) is 40.8 Å². The molecule has 0 radical (unpaired) electrons. The summed E-state index contributed by atoms with van der Waals surface area (Å²) in [6.45, 7) is 6.90. The molecule has 15 heteroatoms. The first-order chi connectivity index (χ1) is 19.9. The fourth-order valence-corrected chi connectivity index (χ4v) is 5.80. The Kier molecular flexibility index (Phi) is 9.20. The molecule has 0 saturated carbocycles. The summed E-state index contributed by atoms with van der Waals surface area (Å²) in [7, 11) is 2.92. The Bertz CT molecular complexity index is 1540. The molecular formula is C26H28Cl2N8O4S. The van der Waals surface area contributed by atoms with Gasteiger partial charge < -0.3 is 30.2 Å². The van der Waals surface area contributed by atoms with Gasteiger partial charge in [-0.15, -0.1) is 11.3 Å². The summed E-state index contributed by atoms with van der Waals surface area (Å²) < 4.78 is 16.7. The van der Waals surface area contributed by atoms with Gasteiger partial charge in [0.2, 0.25) is 5.95 Å². The number of rotatable bonds is 10. The zero-order valence-corrected chi connectivity index (χ0v) is 24.9. The van der Waals surface area contributed by atoms with Crippen LogP contribution in [0.15, 0.2) is 23.8 Å². The van der Waals surface area contributed by atoms with Crippen molar-refractivity contribution in [1.29, 1.82) is 0 Å². The van der Waals surface area contributed by atoms with Crippen LogP contribution in [0.2, 0.25) is 10.0 Å². The number of halogens is 2. The molecule has 0 aliphatic carbocycles. The molecule has 4 heterocycles. The largest absolute Gasteiger partial charge is 0.495 e. The van der Waals surface area contributed by atoms with Crippen LogP contribution >= 0.6 is 34.5 Å². The van der Waals surface area contributed by atoms with E-state index >= 15 is 0 Å². The van der Waals surface area contributed by atoms with E-state index in [1.165, 1.54) is 31.9 Å². The van der Waals surface area contributed by atoms with E-state index in [1.807, 2.05) is 13.0 Å². The summed E-state index contributed by atoms with van der Waals surface area (Å²) in [5.74, 6) is 1.70. The predicted molar refractivity (Wildman–Crippen MR) is 161 cm³/mol. The van der Waals surface area contributed by atoms with E-state index < -0.39 is 5.91 Å². The molecule has 216 valence electrons. The van der Waals surface area contributed by atoms with Crippen molar-refractivity contribution >= 4 is 73.9 Å². The third-order valence-electron chi connectivity index (χ3n) is 6.33. The number of nitrogens with one attached hydrogen (secondary N) is 3. The SMILES string of the molecule is COc1cc(OC)c(Cl)c(NC(=O)c2csc3c(Nc4nc(C)cc(NCCN5CCOCC5)n4)ncnc23)c1Cl. The van der Waals surface area contributed by atoms with Gasteiger partial charge in [-0.1, -0.05) is 23.2 Å². The highest BCUT2D eigenvalue weighted by molar-refractivity contribution is 7.18. The van der Waals surface area contributed by atoms with Gasteiger partial charge in [0.1, 0.15) is 33.7 Å². The highest BCUT2D eigenvalue weighted by Gasteiger charge is 2.23. The lowest BCUT2D eigenvalue weighted by Gasteiger charge is -2.26. The summed E-state index contributed by atoms with van der Waals surface area (Å²) in [5, 5.41) is 11.3. The lowest BCUT2D eigenvalue weighted by Crippen LogP contribution is -2.39.